The Labute approximate surface area is 122 Å². The summed E-state index contributed by atoms with van der Waals surface area (Å²) in [6.07, 6.45) is 8.25. The van der Waals surface area contributed by atoms with Crippen molar-refractivity contribution in [2.75, 3.05) is 13.1 Å². The molecule has 1 N–H and O–H groups in total. The molecule has 2 unspecified atom stereocenters. The Bertz CT molecular complexity index is 404. The molecule has 4 nitrogen and oxygen atoms in total. The molecule has 1 aromatic heterocycles. The average molecular weight is 285 g/mol. The molecule has 2 aliphatic heterocycles. The summed E-state index contributed by atoms with van der Waals surface area (Å²) in [5.41, 5.74) is 1.35. The Kier molecular flexibility index (Phi) is 4.87. The highest BCUT2D eigenvalue weighted by molar-refractivity contribution is 5.85. The van der Waals surface area contributed by atoms with E-state index in [0.29, 0.717) is 6.04 Å². The summed E-state index contributed by atoms with van der Waals surface area (Å²) in [6.45, 7) is 7.82. The molecule has 2 atom stereocenters. The van der Waals surface area contributed by atoms with E-state index in [2.05, 4.69) is 40.0 Å². The van der Waals surface area contributed by atoms with Gasteiger partial charge in [0.2, 0.25) is 0 Å². The summed E-state index contributed by atoms with van der Waals surface area (Å²) in [4.78, 5) is 2.58. The second-order valence-electron chi connectivity index (χ2n) is 6.08. The van der Waals surface area contributed by atoms with E-state index in [4.69, 9.17) is 0 Å². The Hall–Kier alpha value is -0.580. The third-order valence-corrected chi connectivity index (χ3v) is 4.20. The lowest BCUT2D eigenvalue weighted by Gasteiger charge is -2.23. The van der Waals surface area contributed by atoms with E-state index < -0.39 is 0 Å². The van der Waals surface area contributed by atoms with E-state index in [1.165, 1.54) is 37.9 Å². The molecule has 2 aliphatic rings. The van der Waals surface area contributed by atoms with Crippen molar-refractivity contribution in [2.24, 2.45) is 0 Å². The number of rotatable bonds is 3. The van der Waals surface area contributed by atoms with Gasteiger partial charge in [-0.1, -0.05) is 0 Å². The highest BCUT2D eigenvalue weighted by atomic mass is 35.5. The lowest BCUT2D eigenvalue weighted by Crippen LogP contribution is -2.34. The van der Waals surface area contributed by atoms with Crippen molar-refractivity contribution >= 4 is 12.4 Å². The van der Waals surface area contributed by atoms with E-state index in [1.807, 2.05) is 6.20 Å². The smallest absolute Gasteiger partial charge is 0.0534 e. The highest BCUT2D eigenvalue weighted by Gasteiger charge is 2.29. The predicted molar refractivity (Wildman–Crippen MR) is 79.7 cm³/mol. The van der Waals surface area contributed by atoms with Crippen molar-refractivity contribution in [1.82, 2.24) is 20.0 Å². The number of aromatic nitrogens is 2. The summed E-state index contributed by atoms with van der Waals surface area (Å²) in [5, 5.41) is 8.16. The number of nitrogens with one attached hydrogen (secondary N) is 1. The van der Waals surface area contributed by atoms with Gasteiger partial charge < -0.3 is 5.32 Å². The minimum atomic E-state index is 0. The average Bonchev–Trinajstić information content (AvgIpc) is 2.89. The van der Waals surface area contributed by atoms with Crippen LogP contribution in [0.3, 0.4) is 0 Å². The normalized spacial score (nSPS) is 27.3. The van der Waals surface area contributed by atoms with E-state index in [0.717, 1.165) is 18.6 Å². The summed E-state index contributed by atoms with van der Waals surface area (Å²) < 4.78 is 2.05. The number of halogens is 1. The molecule has 0 radical (unpaired) electrons. The lowest BCUT2D eigenvalue weighted by atomic mass is 10.1. The summed E-state index contributed by atoms with van der Waals surface area (Å²) in [6, 6.07) is 1.96. The van der Waals surface area contributed by atoms with Gasteiger partial charge in [0.1, 0.15) is 0 Å². The fourth-order valence-electron chi connectivity index (χ4n) is 3.16. The van der Waals surface area contributed by atoms with Crippen LogP contribution in [0.1, 0.15) is 44.7 Å². The quantitative estimate of drug-likeness (QED) is 0.924. The summed E-state index contributed by atoms with van der Waals surface area (Å²) >= 11 is 0. The molecule has 5 heteroatoms. The molecule has 0 aliphatic carbocycles. The van der Waals surface area contributed by atoms with Crippen molar-refractivity contribution < 1.29 is 0 Å². The van der Waals surface area contributed by atoms with Gasteiger partial charge in [0.05, 0.1) is 6.20 Å². The molecule has 0 saturated carbocycles. The second-order valence-corrected chi connectivity index (χ2v) is 6.08. The maximum Gasteiger partial charge on any atom is 0.0534 e. The zero-order chi connectivity index (χ0) is 12.5. The number of hydrogen-bond donors (Lipinski definition) is 1. The molecule has 3 rings (SSSR count). The van der Waals surface area contributed by atoms with Crippen molar-refractivity contribution in [3.63, 3.8) is 0 Å². The van der Waals surface area contributed by atoms with Gasteiger partial charge in [-0.05, 0) is 33.1 Å². The Morgan fingerprint density at radius 3 is 2.84 bits per heavy atom. The van der Waals surface area contributed by atoms with Crippen LogP contribution in [0.5, 0.6) is 0 Å². The Balaban J connectivity index is 0.00000133. The third-order valence-electron chi connectivity index (χ3n) is 4.20. The van der Waals surface area contributed by atoms with Crippen LogP contribution in [0.2, 0.25) is 0 Å². The first-order chi connectivity index (χ1) is 8.70. The topological polar surface area (TPSA) is 33.1 Å². The second kappa shape index (κ2) is 6.25. The lowest BCUT2D eigenvalue weighted by molar-refractivity contribution is 0.251. The number of nitrogens with zero attached hydrogens (tertiary/aromatic N) is 3. The molecular weight excluding hydrogens is 260 g/mol. The van der Waals surface area contributed by atoms with Gasteiger partial charge in [-0.15, -0.1) is 12.4 Å². The number of likely N-dealkylation sites (tertiary alicyclic amines) is 1. The fraction of sp³-hybridized carbons (Fsp3) is 0.786. The third kappa shape index (κ3) is 3.50. The van der Waals surface area contributed by atoms with E-state index in [-0.39, 0.29) is 12.4 Å². The maximum atomic E-state index is 4.43. The molecular formula is C14H25ClN4. The monoisotopic (exact) mass is 284 g/mol. The minimum Gasteiger partial charge on any atom is -0.310 e. The molecule has 0 aromatic carbocycles. The van der Waals surface area contributed by atoms with Gasteiger partial charge in [0.15, 0.2) is 0 Å². The first-order valence-corrected chi connectivity index (χ1v) is 7.22. The summed E-state index contributed by atoms with van der Waals surface area (Å²) in [5.74, 6) is 0. The van der Waals surface area contributed by atoms with Gasteiger partial charge in [-0.3, -0.25) is 9.58 Å². The maximum absolute atomic E-state index is 4.43. The van der Waals surface area contributed by atoms with Gasteiger partial charge in [0, 0.05) is 49.5 Å². The van der Waals surface area contributed by atoms with Crippen LogP contribution in [0.15, 0.2) is 12.4 Å². The summed E-state index contributed by atoms with van der Waals surface area (Å²) in [7, 11) is 0. The van der Waals surface area contributed by atoms with Crippen molar-refractivity contribution in [1.29, 1.82) is 0 Å². The van der Waals surface area contributed by atoms with Crippen molar-refractivity contribution in [3.8, 4) is 0 Å². The van der Waals surface area contributed by atoms with Crippen LogP contribution >= 0.6 is 12.4 Å². The first kappa shape index (κ1) is 14.8. The minimum absolute atomic E-state index is 0. The molecule has 0 amide bonds. The zero-order valence-corrected chi connectivity index (χ0v) is 12.7. The Morgan fingerprint density at radius 2 is 2.11 bits per heavy atom. The van der Waals surface area contributed by atoms with Crippen molar-refractivity contribution in [2.45, 2.75) is 57.8 Å². The standard InChI is InChI=1S/C14H24N4.ClH/c1-11(2)18-9-12(7-15-18)8-17-6-5-13-3-4-14(10-17)16-13;/h7,9,11,13-14,16H,3-6,8,10H2,1-2H3;1H. The fourth-order valence-corrected chi connectivity index (χ4v) is 3.16. The van der Waals surface area contributed by atoms with E-state index in [1.54, 1.807) is 0 Å². The number of hydrogen-bond acceptors (Lipinski definition) is 3. The molecule has 1 aromatic rings. The molecule has 2 fully saturated rings. The molecule has 108 valence electrons. The van der Waals surface area contributed by atoms with Gasteiger partial charge >= 0.3 is 0 Å². The molecule has 3 heterocycles. The highest BCUT2D eigenvalue weighted by Crippen LogP contribution is 2.21. The van der Waals surface area contributed by atoms with Crippen LogP contribution < -0.4 is 5.32 Å². The van der Waals surface area contributed by atoms with Crippen LogP contribution in [0, 0.1) is 0 Å². The number of fused-ring (bicyclic) bond motifs is 2. The van der Waals surface area contributed by atoms with E-state index in [9.17, 15) is 0 Å². The van der Waals surface area contributed by atoms with E-state index >= 15 is 0 Å². The van der Waals surface area contributed by atoms with Crippen LogP contribution in [-0.4, -0.2) is 39.9 Å². The van der Waals surface area contributed by atoms with Gasteiger partial charge in [0.25, 0.3) is 0 Å². The van der Waals surface area contributed by atoms with Crippen LogP contribution in [0.4, 0.5) is 0 Å². The zero-order valence-electron chi connectivity index (χ0n) is 11.9. The van der Waals surface area contributed by atoms with Crippen molar-refractivity contribution in [3.05, 3.63) is 18.0 Å². The SMILES string of the molecule is CC(C)n1cc(CN2CCC3CCC(C2)N3)cn1.Cl. The Morgan fingerprint density at radius 1 is 1.32 bits per heavy atom. The molecule has 2 bridgehead atoms. The molecule has 19 heavy (non-hydrogen) atoms. The van der Waals surface area contributed by atoms with Crippen LogP contribution in [0.25, 0.3) is 0 Å². The predicted octanol–water partition coefficient (Wildman–Crippen LogP) is 2.21. The largest absolute Gasteiger partial charge is 0.310 e. The molecule has 2 saturated heterocycles. The van der Waals surface area contributed by atoms with Gasteiger partial charge in [-0.25, -0.2) is 0 Å². The van der Waals surface area contributed by atoms with Gasteiger partial charge in [-0.2, -0.15) is 5.10 Å². The molecule has 0 spiro atoms. The first-order valence-electron chi connectivity index (χ1n) is 7.22. The van der Waals surface area contributed by atoms with Crippen LogP contribution in [-0.2, 0) is 6.54 Å².